The van der Waals surface area contributed by atoms with Gasteiger partial charge < -0.3 is 16.2 Å². The number of anilines is 3. The lowest BCUT2D eigenvalue weighted by molar-refractivity contribution is 0.104. The van der Waals surface area contributed by atoms with E-state index in [0.29, 0.717) is 15.7 Å². The summed E-state index contributed by atoms with van der Waals surface area (Å²) >= 11 is 13.3. The van der Waals surface area contributed by atoms with Gasteiger partial charge in [0.25, 0.3) is 0 Å². The SMILES string of the molecule is Nc1nc(Nc2ccc(S(=O)CCO)cc2)sc1C(=O)c1c(Cl)cccc1Cl. The molecule has 146 valence electrons. The maximum absolute atomic E-state index is 12.8. The van der Waals surface area contributed by atoms with Crippen LogP contribution >= 0.6 is 34.5 Å². The first-order valence-corrected chi connectivity index (χ1v) is 10.9. The molecule has 1 unspecified atom stereocenters. The molecule has 0 spiro atoms. The predicted molar refractivity (Wildman–Crippen MR) is 115 cm³/mol. The normalized spacial score (nSPS) is 12.0. The molecule has 3 aromatic rings. The largest absolute Gasteiger partial charge is 0.395 e. The Labute approximate surface area is 177 Å². The van der Waals surface area contributed by atoms with Gasteiger partial charge in [-0.25, -0.2) is 4.98 Å². The quantitative estimate of drug-likeness (QED) is 0.463. The van der Waals surface area contributed by atoms with Crippen LogP contribution in [0.3, 0.4) is 0 Å². The number of aromatic nitrogens is 1. The Morgan fingerprint density at radius 2 is 1.82 bits per heavy atom. The van der Waals surface area contributed by atoms with Gasteiger partial charge in [0.05, 0.1) is 38.8 Å². The highest BCUT2D eigenvalue weighted by Crippen LogP contribution is 2.34. The van der Waals surface area contributed by atoms with Gasteiger partial charge in [0, 0.05) is 10.6 Å². The van der Waals surface area contributed by atoms with E-state index in [1.807, 2.05) is 0 Å². The van der Waals surface area contributed by atoms with Crippen LogP contribution in [0, 0.1) is 0 Å². The van der Waals surface area contributed by atoms with Crippen LogP contribution < -0.4 is 11.1 Å². The molecule has 28 heavy (non-hydrogen) atoms. The Morgan fingerprint density at radius 3 is 2.43 bits per heavy atom. The van der Waals surface area contributed by atoms with E-state index in [2.05, 4.69) is 10.3 Å². The molecular formula is C18H15Cl2N3O3S2. The Morgan fingerprint density at radius 1 is 1.18 bits per heavy atom. The molecule has 3 rings (SSSR count). The minimum absolute atomic E-state index is 0.0779. The van der Waals surface area contributed by atoms with Gasteiger partial charge in [0.2, 0.25) is 5.78 Å². The van der Waals surface area contributed by atoms with Gasteiger partial charge in [0.15, 0.2) is 5.13 Å². The van der Waals surface area contributed by atoms with Crippen molar-refractivity contribution in [2.45, 2.75) is 4.90 Å². The molecule has 1 aromatic heterocycles. The second kappa shape index (κ2) is 9.02. The fraction of sp³-hybridized carbons (Fsp3) is 0.111. The smallest absolute Gasteiger partial charge is 0.209 e. The number of thiazole rings is 1. The number of rotatable bonds is 7. The molecule has 1 heterocycles. The maximum Gasteiger partial charge on any atom is 0.209 e. The molecule has 0 saturated heterocycles. The third-order valence-corrected chi connectivity index (χ3v) is 6.66. The summed E-state index contributed by atoms with van der Waals surface area (Å²) in [5.41, 5.74) is 6.79. The van der Waals surface area contributed by atoms with Crippen LogP contribution in [0.2, 0.25) is 10.0 Å². The number of aliphatic hydroxyl groups is 1. The van der Waals surface area contributed by atoms with Crippen LogP contribution in [0.4, 0.5) is 16.6 Å². The predicted octanol–water partition coefficient (Wildman–Crippen LogP) is 4.11. The zero-order chi connectivity index (χ0) is 20.3. The molecule has 0 fully saturated rings. The minimum atomic E-state index is -1.25. The van der Waals surface area contributed by atoms with E-state index in [9.17, 15) is 9.00 Å². The van der Waals surface area contributed by atoms with Crippen LogP contribution in [0.25, 0.3) is 0 Å². The molecule has 0 aliphatic heterocycles. The van der Waals surface area contributed by atoms with E-state index in [4.69, 9.17) is 34.0 Å². The van der Waals surface area contributed by atoms with E-state index in [1.54, 1.807) is 42.5 Å². The lowest BCUT2D eigenvalue weighted by atomic mass is 10.1. The fourth-order valence-electron chi connectivity index (χ4n) is 2.39. The zero-order valence-electron chi connectivity index (χ0n) is 14.3. The summed E-state index contributed by atoms with van der Waals surface area (Å²) in [6.07, 6.45) is 0. The average Bonchev–Trinajstić information content (AvgIpc) is 3.02. The van der Waals surface area contributed by atoms with Crippen molar-refractivity contribution < 1.29 is 14.1 Å². The van der Waals surface area contributed by atoms with Gasteiger partial charge in [-0.2, -0.15) is 0 Å². The molecule has 0 amide bonds. The van der Waals surface area contributed by atoms with Crippen molar-refractivity contribution in [3.63, 3.8) is 0 Å². The van der Waals surface area contributed by atoms with Crippen molar-refractivity contribution in [2.75, 3.05) is 23.4 Å². The Bertz CT molecular complexity index is 1020. The number of halogens is 2. The van der Waals surface area contributed by atoms with E-state index in [1.165, 1.54) is 0 Å². The molecule has 1 atom stereocenters. The summed E-state index contributed by atoms with van der Waals surface area (Å²) < 4.78 is 11.9. The maximum atomic E-state index is 12.8. The van der Waals surface area contributed by atoms with E-state index >= 15 is 0 Å². The molecule has 10 heteroatoms. The highest BCUT2D eigenvalue weighted by atomic mass is 35.5. The Hall–Kier alpha value is -1.97. The Kier molecular flexibility index (Phi) is 6.69. The van der Waals surface area contributed by atoms with Gasteiger partial charge >= 0.3 is 0 Å². The van der Waals surface area contributed by atoms with Gasteiger partial charge in [-0.15, -0.1) is 0 Å². The number of nitrogen functional groups attached to an aromatic ring is 1. The molecule has 0 bridgehead atoms. The number of nitrogens with zero attached hydrogens (tertiary/aromatic N) is 1. The first-order chi connectivity index (χ1) is 13.4. The summed E-state index contributed by atoms with van der Waals surface area (Å²) in [6.45, 7) is -0.142. The van der Waals surface area contributed by atoms with Gasteiger partial charge in [-0.3, -0.25) is 9.00 Å². The molecular weight excluding hydrogens is 441 g/mol. The Balaban J connectivity index is 1.81. The highest BCUT2D eigenvalue weighted by Gasteiger charge is 2.22. The second-order valence-corrected chi connectivity index (χ2v) is 8.97. The summed E-state index contributed by atoms with van der Waals surface area (Å²) in [7, 11) is -1.25. The minimum Gasteiger partial charge on any atom is -0.395 e. The number of nitrogens with two attached hydrogens (primary N) is 1. The van der Waals surface area contributed by atoms with Crippen molar-refractivity contribution in [2.24, 2.45) is 0 Å². The van der Waals surface area contributed by atoms with E-state index in [-0.39, 0.29) is 38.7 Å². The third kappa shape index (κ3) is 4.53. The number of hydrogen-bond donors (Lipinski definition) is 3. The molecule has 6 nitrogen and oxygen atoms in total. The fourth-order valence-corrected chi connectivity index (χ4v) is 4.65. The van der Waals surface area contributed by atoms with Gasteiger partial charge in [0.1, 0.15) is 10.7 Å². The molecule has 4 N–H and O–H groups in total. The number of hydrogen-bond acceptors (Lipinski definition) is 7. The highest BCUT2D eigenvalue weighted by molar-refractivity contribution is 7.85. The monoisotopic (exact) mass is 455 g/mol. The number of aliphatic hydroxyl groups excluding tert-OH is 1. The van der Waals surface area contributed by atoms with E-state index < -0.39 is 16.6 Å². The molecule has 2 aromatic carbocycles. The van der Waals surface area contributed by atoms with Gasteiger partial charge in [-0.05, 0) is 36.4 Å². The molecule has 0 aliphatic rings. The number of ketones is 1. The lowest BCUT2D eigenvalue weighted by Crippen LogP contribution is -2.04. The van der Waals surface area contributed by atoms with Crippen molar-refractivity contribution in [3.8, 4) is 0 Å². The average molecular weight is 456 g/mol. The van der Waals surface area contributed by atoms with Crippen LogP contribution in [-0.2, 0) is 10.8 Å². The zero-order valence-corrected chi connectivity index (χ0v) is 17.5. The summed E-state index contributed by atoms with van der Waals surface area (Å²) in [5.74, 6) is -0.131. The summed E-state index contributed by atoms with van der Waals surface area (Å²) in [5, 5.41) is 12.8. The van der Waals surface area contributed by atoms with E-state index in [0.717, 1.165) is 11.3 Å². The third-order valence-electron chi connectivity index (χ3n) is 3.69. The van der Waals surface area contributed by atoms with Crippen molar-refractivity contribution in [1.82, 2.24) is 4.98 Å². The first-order valence-electron chi connectivity index (χ1n) is 8.02. The molecule has 0 radical (unpaired) electrons. The van der Waals surface area contributed by atoms with Gasteiger partial charge in [-0.1, -0.05) is 40.6 Å². The van der Waals surface area contributed by atoms with Crippen LogP contribution in [0.5, 0.6) is 0 Å². The van der Waals surface area contributed by atoms with Crippen LogP contribution in [0.15, 0.2) is 47.4 Å². The molecule has 0 saturated carbocycles. The summed E-state index contributed by atoms with van der Waals surface area (Å²) in [6, 6.07) is 11.7. The van der Waals surface area contributed by atoms with Crippen LogP contribution in [0.1, 0.15) is 15.2 Å². The number of nitrogens with one attached hydrogen (secondary N) is 1. The first kappa shape index (κ1) is 20.8. The second-order valence-electron chi connectivity index (χ2n) is 5.58. The van der Waals surface area contributed by atoms with Crippen molar-refractivity contribution >= 4 is 67.8 Å². The summed E-state index contributed by atoms with van der Waals surface area (Å²) in [4.78, 5) is 17.8. The number of carbonyl (C=O) groups is 1. The van der Waals surface area contributed by atoms with Crippen molar-refractivity contribution in [1.29, 1.82) is 0 Å². The number of benzene rings is 2. The molecule has 0 aliphatic carbocycles. The van der Waals surface area contributed by atoms with Crippen LogP contribution in [-0.4, -0.2) is 32.4 Å². The topological polar surface area (TPSA) is 105 Å². The standard InChI is InChI=1S/C18H15Cl2N3O3S2/c19-12-2-1-3-13(20)14(12)15(25)16-17(21)23-18(27-16)22-10-4-6-11(7-5-10)28(26)9-8-24/h1-7,24H,8-9,21H2,(H,22,23). The lowest BCUT2D eigenvalue weighted by Gasteiger charge is -2.05. The van der Waals surface area contributed by atoms with Crippen molar-refractivity contribution in [3.05, 3.63) is 63.0 Å². The number of carbonyl (C=O) groups excluding carboxylic acids is 1.